The van der Waals surface area contributed by atoms with E-state index in [9.17, 15) is 0 Å². The first kappa shape index (κ1) is 11.3. The van der Waals surface area contributed by atoms with Crippen LogP contribution >= 0.6 is 11.8 Å². The molecule has 0 aliphatic heterocycles. The summed E-state index contributed by atoms with van der Waals surface area (Å²) in [6.07, 6.45) is 1.60. The molecule has 1 aromatic rings. The van der Waals surface area contributed by atoms with E-state index < -0.39 is 5.60 Å². The van der Waals surface area contributed by atoms with E-state index in [1.807, 2.05) is 30.3 Å². The Labute approximate surface area is 88.5 Å². The summed E-state index contributed by atoms with van der Waals surface area (Å²) in [5.74, 6) is 0.636. The second kappa shape index (κ2) is 5.20. The van der Waals surface area contributed by atoms with Gasteiger partial charge in [-0.2, -0.15) is 0 Å². The van der Waals surface area contributed by atoms with Crippen molar-refractivity contribution in [1.82, 2.24) is 0 Å². The van der Waals surface area contributed by atoms with Crippen molar-refractivity contribution in [2.24, 2.45) is 0 Å². The highest BCUT2D eigenvalue weighted by Gasteiger charge is 2.21. The molecule has 76 valence electrons. The van der Waals surface area contributed by atoms with Crippen LogP contribution < -0.4 is 0 Å². The summed E-state index contributed by atoms with van der Waals surface area (Å²) in [5, 5.41) is 8.68. The smallest absolute Gasteiger partial charge is 0.128 e. The molecule has 0 saturated heterocycles. The Kier molecular flexibility index (Phi) is 4.20. The molecule has 0 aliphatic rings. The van der Waals surface area contributed by atoms with Crippen molar-refractivity contribution in [2.75, 3.05) is 5.75 Å². The Bertz CT molecular complexity index is 287. The molecule has 0 bridgehead atoms. The van der Waals surface area contributed by atoms with Crippen molar-refractivity contribution in [3.05, 3.63) is 43.0 Å². The maximum absolute atomic E-state index is 8.68. The largest absolute Gasteiger partial charge is 0.251 e. The fourth-order valence-corrected chi connectivity index (χ4v) is 1.84. The van der Waals surface area contributed by atoms with Crippen molar-refractivity contribution >= 4 is 11.8 Å². The first-order chi connectivity index (χ1) is 6.70. The molecule has 0 aliphatic carbocycles. The fraction of sp³-hybridized carbons (Fsp3) is 0.273. The van der Waals surface area contributed by atoms with Gasteiger partial charge in [0.25, 0.3) is 0 Å². The maximum Gasteiger partial charge on any atom is 0.128 e. The number of thioether (sulfide) groups is 1. The van der Waals surface area contributed by atoms with Gasteiger partial charge in [0.1, 0.15) is 5.60 Å². The number of benzene rings is 1. The molecule has 0 amide bonds. The van der Waals surface area contributed by atoms with Gasteiger partial charge in [0, 0.05) is 10.6 Å². The average molecular weight is 210 g/mol. The zero-order valence-electron chi connectivity index (χ0n) is 8.14. The van der Waals surface area contributed by atoms with Crippen LogP contribution in [-0.2, 0) is 4.89 Å². The summed E-state index contributed by atoms with van der Waals surface area (Å²) in [7, 11) is 0. The van der Waals surface area contributed by atoms with Crippen LogP contribution in [0.5, 0.6) is 0 Å². The van der Waals surface area contributed by atoms with Crippen LogP contribution in [0.25, 0.3) is 0 Å². The minimum Gasteiger partial charge on any atom is -0.251 e. The first-order valence-electron chi connectivity index (χ1n) is 4.34. The molecule has 1 unspecified atom stereocenters. The van der Waals surface area contributed by atoms with Gasteiger partial charge >= 0.3 is 0 Å². The van der Waals surface area contributed by atoms with Crippen LogP contribution in [0.1, 0.15) is 6.92 Å². The molecule has 14 heavy (non-hydrogen) atoms. The van der Waals surface area contributed by atoms with Gasteiger partial charge in [-0.3, -0.25) is 5.26 Å². The van der Waals surface area contributed by atoms with Crippen molar-refractivity contribution in [3.63, 3.8) is 0 Å². The van der Waals surface area contributed by atoms with Gasteiger partial charge < -0.3 is 0 Å². The second-order valence-corrected chi connectivity index (χ2v) is 4.26. The third-order valence-electron chi connectivity index (χ3n) is 1.91. The monoisotopic (exact) mass is 210 g/mol. The topological polar surface area (TPSA) is 29.5 Å². The lowest BCUT2D eigenvalue weighted by Crippen LogP contribution is -2.27. The average Bonchev–Trinajstić information content (AvgIpc) is 2.27. The highest BCUT2D eigenvalue weighted by Crippen LogP contribution is 2.24. The Morgan fingerprint density at radius 1 is 1.50 bits per heavy atom. The van der Waals surface area contributed by atoms with Crippen molar-refractivity contribution < 1.29 is 10.1 Å². The molecule has 0 fully saturated rings. The van der Waals surface area contributed by atoms with E-state index in [2.05, 4.69) is 11.5 Å². The predicted molar refractivity (Wildman–Crippen MR) is 59.5 cm³/mol. The molecule has 0 aromatic heterocycles. The standard InChI is InChI=1S/C11H14O2S/c1-3-11(2,13-12)9-14-10-7-5-4-6-8-10/h3-8,12H,1,9H2,2H3. The Balaban J connectivity index is 2.52. The quantitative estimate of drug-likeness (QED) is 0.350. The van der Waals surface area contributed by atoms with Crippen LogP contribution in [0.4, 0.5) is 0 Å². The molecule has 1 rings (SSSR count). The molecule has 1 N–H and O–H groups in total. The maximum atomic E-state index is 8.68. The predicted octanol–water partition coefficient (Wildman–Crippen LogP) is 3.21. The van der Waals surface area contributed by atoms with Gasteiger partial charge in [-0.15, -0.1) is 18.3 Å². The zero-order valence-corrected chi connectivity index (χ0v) is 8.96. The highest BCUT2D eigenvalue weighted by atomic mass is 32.2. The second-order valence-electron chi connectivity index (χ2n) is 3.21. The summed E-state index contributed by atoms with van der Waals surface area (Å²) >= 11 is 1.62. The molecular formula is C11H14O2S. The van der Waals surface area contributed by atoms with Crippen LogP contribution in [0, 0.1) is 0 Å². The van der Waals surface area contributed by atoms with E-state index in [1.165, 1.54) is 0 Å². The van der Waals surface area contributed by atoms with Crippen molar-refractivity contribution in [2.45, 2.75) is 17.4 Å². The molecule has 0 radical (unpaired) electrons. The SMILES string of the molecule is C=CC(C)(CSc1ccccc1)OO. The summed E-state index contributed by atoms with van der Waals surface area (Å²) in [5.41, 5.74) is -0.680. The minimum absolute atomic E-state index is 0.636. The fourth-order valence-electron chi connectivity index (χ4n) is 0.866. The van der Waals surface area contributed by atoms with Gasteiger partial charge in [0.2, 0.25) is 0 Å². The normalized spacial score (nSPS) is 14.7. The van der Waals surface area contributed by atoms with Crippen molar-refractivity contribution in [3.8, 4) is 0 Å². The van der Waals surface area contributed by atoms with E-state index in [1.54, 1.807) is 24.8 Å². The molecular weight excluding hydrogens is 196 g/mol. The number of rotatable bonds is 5. The molecule has 0 saturated carbocycles. The Hall–Kier alpha value is -0.770. The summed E-state index contributed by atoms with van der Waals surface area (Å²) in [6.45, 7) is 5.41. The van der Waals surface area contributed by atoms with Crippen molar-refractivity contribution in [1.29, 1.82) is 0 Å². The molecule has 2 nitrogen and oxygen atoms in total. The van der Waals surface area contributed by atoms with Gasteiger partial charge in [0.05, 0.1) is 0 Å². The molecule has 3 heteroatoms. The van der Waals surface area contributed by atoms with Crippen LogP contribution in [0.15, 0.2) is 47.9 Å². The highest BCUT2D eigenvalue weighted by molar-refractivity contribution is 7.99. The van der Waals surface area contributed by atoms with E-state index in [0.29, 0.717) is 5.75 Å². The molecule has 1 aromatic carbocycles. The van der Waals surface area contributed by atoms with Crippen LogP contribution in [0.2, 0.25) is 0 Å². The number of hydrogen-bond donors (Lipinski definition) is 1. The lowest BCUT2D eigenvalue weighted by atomic mass is 10.1. The van der Waals surface area contributed by atoms with E-state index in [-0.39, 0.29) is 0 Å². The van der Waals surface area contributed by atoms with Gasteiger partial charge in [-0.05, 0) is 19.1 Å². The van der Waals surface area contributed by atoms with Gasteiger partial charge in [0.15, 0.2) is 0 Å². The van der Waals surface area contributed by atoms with Gasteiger partial charge in [-0.25, -0.2) is 4.89 Å². The van der Waals surface area contributed by atoms with Crippen LogP contribution in [-0.4, -0.2) is 16.6 Å². The third kappa shape index (κ3) is 3.18. The molecule has 1 atom stereocenters. The lowest BCUT2D eigenvalue weighted by Gasteiger charge is -2.20. The summed E-state index contributed by atoms with van der Waals surface area (Å²) in [6, 6.07) is 9.97. The molecule has 0 spiro atoms. The third-order valence-corrected chi connectivity index (χ3v) is 3.23. The number of hydrogen-bond acceptors (Lipinski definition) is 3. The minimum atomic E-state index is -0.680. The summed E-state index contributed by atoms with van der Waals surface area (Å²) in [4.78, 5) is 5.52. The summed E-state index contributed by atoms with van der Waals surface area (Å²) < 4.78 is 0. The Morgan fingerprint density at radius 2 is 2.14 bits per heavy atom. The Morgan fingerprint density at radius 3 is 2.64 bits per heavy atom. The van der Waals surface area contributed by atoms with E-state index >= 15 is 0 Å². The van der Waals surface area contributed by atoms with Gasteiger partial charge in [-0.1, -0.05) is 24.3 Å². The van der Waals surface area contributed by atoms with E-state index in [0.717, 1.165) is 4.90 Å². The molecule has 0 heterocycles. The lowest BCUT2D eigenvalue weighted by molar-refractivity contribution is -0.295. The first-order valence-corrected chi connectivity index (χ1v) is 5.33. The van der Waals surface area contributed by atoms with E-state index in [4.69, 9.17) is 5.26 Å². The van der Waals surface area contributed by atoms with Crippen LogP contribution in [0.3, 0.4) is 0 Å². The zero-order chi connectivity index (χ0) is 10.4.